The van der Waals surface area contributed by atoms with Crippen LogP contribution in [0.1, 0.15) is 16.1 Å². The van der Waals surface area contributed by atoms with E-state index in [9.17, 15) is 13.6 Å². The van der Waals surface area contributed by atoms with Crippen LogP contribution in [0.15, 0.2) is 41.4 Å². The Morgan fingerprint density at radius 2 is 2.05 bits per heavy atom. The van der Waals surface area contributed by atoms with Crippen LogP contribution in [0.4, 0.5) is 8.78 Å². The largest absolute Gasteiger partial charge is 0.478 e. The Bertz CT molecular complexity index is 602. The fraction of sp³-hybridized carbons (Fsp3) is 0.0769. The highest BCUT2D eigenvalue weighted by molar-refractivity contribution is 7.98. The molecule has 0 unspecified atom stereocenters. The molecule has 1 N–H and O–H groups in total. The van der Waals surface area contributed by atoms with E-state index in [0.717, 1.165) is 6.07 Å². The highest BCUT2D eigenvalue weighted by atomic mass is 32.2. The van der Waals surface area contributed by atoms with Crippen LogP contribution in [-0.2, 0) is 5.75 Å². The van der Waals surface area contributed by atoms with E-state index < -0.39 is 17.6 Å². The van der Waals surface area contributed by atoms with E-state index >= 15 is 0 Å². The summed E-state index contributed by atoms with van der Waals surface area (Å²) in [4.78, 5) is 14.9. The molecule has 2 aromatic rings. The number of rotatable bonds is 4. The van der Waals surface area contributed by atoms with Crippen molar-refractivity contribution in [2.75, 3.05) is 0 Å². The van der Waals surface area contributed by atoms with Crippen molar-refractivity contribution < 1.29 is 18.7 Å². The normalized spacial score (nSPS) is 10.4. The standard InChI is InChI=1S/C13H9F2NO2S/c14-9-2-4-12(11(15)5-9)19-7-10-3-1-8(6-16-10)13(17)18/h1-6H,7H2,(H,17,18). The zero-order valence-electron chi connectivity index (χ0n) is 9.64. The first-order valence-electron chi connectivity index (χ1n) is 5.32. The molecule has 0 amide bonds. The molecule has 0 aliphatic rings. The molecule has 0 spiro atoms. The molecule has 2 rings (SSSR count). The highest BCUT2D eigenvalue weighted by Gasteiger charge is 2.06. The van der Waals surface area contributed by atoms with Gasteiger partial charge in [-0.15, -0.1) is 11.8 Å². The second-order valence-electron chi connectivity index (χ2n) is 3.71. The molecule has 0 saturated carbocycles. The number of benzene rings is 1. The average molecular weight is 281 g/mol. The van der Waals surface area contributed by atoms with Gasteiger partial charge in [0.2, 0.25) is 0 Å². The van der Waals surface area contributed by atoms with Crippen LogP contribution in [-0.4, -0.2) is 16.1 Å². The van der Waals surface area contributed by atoms with Gasteiger partial charge in [0, 0.05) is 22.9 Å². The van der Waals surface area contributed by atoms with E-state index in [2.05, 4.69) is 4.98 Å². The van der Waals surface area contributed by atoms with E-state index in [1.54, 1.807) is 6.07 Å². The topological polar surface area (TPSA) is 50.2 Å². The van der Waals surface area contributed by atoms with Gasteiger partial charge in [-0.3, -0.25) is 4.98 Å². The third-order valence-electron chi connectivity index (χ3n) is 2.34. The molecular weight excluding hydrogens is 272 g/mol. The lowest BCUT2D eigenvalue weighted by Gasteiger charge is -2.03. The number of carbonyl (C=O) groups is 1. The number of aromatic nitrogens is 1. The predicted octanol–water partition coefficient (Wildman–Crippen LogP) is 3.35. The number of hydrogen-bond acceptors (Lipinski definition) is 3. The highest BCUT2D eigenvalue weighted by Crippen LogP contribution is 2.25. The van der Waals surface area contributed by atoms with Gasteiger partial charge in [0.15, 0.2) is 0 Å². The monoisotopic (exact) mass is 281 g/mol. The van der Waals surface area contributed by atoms with Gasteiger partial charge < -0.3 is 5.11 Å². The molecule has 0 aliphatic heterocycles. The number of halogens is 2. The van der Waals surface area contributed by atoms with Gasteiger partial charge >= 0.3 is 5.97 Å². The van der Waals surface area contributed by atoms with E-state index in [1.165, 1.54) is 36.2 Å². The summed E-state index contributed by atoms with van der Waals surface area (Å²) in [7, 11) is 0. The van der Waals surface area contributed by atoms with Crippen LogP contribution in [0.3, 0.4) is 0 Å². The first kappa shape index (κ1) is 13.5. The molecule has 1 aromatic heterocycles. The summed E-state index contributed by atoms with van der Waals surface area (Å²) in [6.45, 7) is 0. The molecule has 0 saturated heterocycles. The van der Waals surface area contributed by atoms with Crippen molar-refractivity contribution in [3.63, 3.8) is 0 Å². The smallest absolute Gasteiger partial charge is 0.337 e. The van der Waals surface area contributed by atoms with Crippen molar-refractivity contribution >= 4 is 17.7 Å². The minimum Gasteiger partial charge on any atom is -0.478 e. The summed E-state index contributed by atoms with van der Waals surface area (Å²) in [5, 5.41) is 8.72. The Hall–Kier alpha value is -1.95. The lowest BCUT2D eigenvalue weighted by molar-refractivity contribution is 0.0696. The van der Waals surface area contributed by atoms with Gasteiger partial charge in [-0.2, -0.15) is 0 Å². The molecule has 1 aromatic carbocycles. The first-order chi connectivity index (χ1) is 9.06. The number of carboxylic acid groups (broad SMARTS) is 1. The number of carboxylic acids is 1. The maximum atomic E-state index is 13.4. The van der Waals surface area contributed by atoms with Crippen LogP contribution in [0.2, 0.25) is 0 Å². The molecule has 19 heavy (non-hydrogen) atoms. The number of pyridine rings is 1. The second-order valence-corrected chi connectivity index (χ2v) is 4.72. The number of thioether (sulfide) groups is 1. The van der Waals surface area contributed by atoms with E-state index in [4.69, 9.17) is 5.11 Å². The van der Waals surface area contributed by atoms with Crippen LogP contribution in [0.5, 0.6) is 0 Å². The van der Waals surface area contributed by atoms with Gasteiger partial charge in [-0.25, -0.2) is 13.6 Å². The van der Waals surface area contributed by atoms with Crippen molar-refractivity contribution in [3.8, 4) is 0 Å². The predicted molar refractivity (Wildman–Crippen MR) is 67.1 cm³/mol. The summed E-state index contributed by atoms with van der Waals surface area (Å²) in [5.41, 5.74) is 0.723. The molecule has 0 aliphatic carbocycles. The molecule has 3 nitrogen and oxygen atoms in total. The summed E-state index contributed by atoms with van der Waals surface area (Å²) >= 11 is 1.17. The fourth-order valence-corrected chi connectivity index (χ4v) is 2.22. The zero-order chi connectivity index (χ0) is 13.8. The Balaban J connectivity index is 2.04. The van der Waals surface area contributed by atoms with Gasteiger partial charge in [0.1, 0.15) is 11.6 Å². The van der Waals surface area contributed by atoms with Crippen molar-refractivity contribution in [3.05, 3.63) is 59.4 Å². The first-order valence-corrected chi connectivity index (χ1v) is 6.31. The third-order valence-corrected chi connectivity index (χ3v) is 3.42. The summed E-state index contributed by atoms with van der Waals surface area (Å²) < 4.78 is 26.1. The van der Waals surface area contributed by atoms with Crippen LogP contribution < -0.4 is 0 Å². The lowest BCUT2D eigenvalue weighted by atomic mass is 10.2. The molecule has 0 bridgehead atoms. The summed E-state index contributed by atoms with van der Waals surface area (Å²) in [6, 6.07) is 6.38. The van der Waals surface area contributed by atoms with Gasteiger partial charge in [0.05, 0.1) is 11.3 Å². The molecule has 0 radical (unpaired) electrons. The number of hydrogen-bond donors (Lipinski definition) is 1. The molecule has 6 heteroatoms. The Kier molecular flexibility index (Phi) is 4.11. The maximum absolute atomic E-state index is 13.4. The summed E-state index contributed by atoms with van der Waals surface area (Å²) in [5.74, 6) is -1.91. The van der Waals surface area contributed by atoms with Crippen molar-refractivity contribution in [1.82, 2.24) is 4.98 Å². The SMILES string of the molecule is O=C(O)c1ccc(CSc2ccc(F)cc2F)nc1. The molecule has 1 heterocycles. The average Bonchev–Trinajstić information content (AvgIpc) is 2.38. The fourth-order valence-electron chi connectivity index (χ4n) is 1.38. The van der Waals surface area contributed by atoms with E-state index in [-0.39, 0.29) is 5.56 Å². The summed E-state index contributed by atoms with van der Waals surface area (Å²) in [6.07, 6.45) is 1.25. The van der Waals surface area contributed by atoms with Gasteiger partial charge in [-0.1, -0.05) is 0 Å². The van der Waals surface area contributed by atoms with E-state index in [0.29, 0.717) is 16.3 Å². The van der Waals surface area contributed by atoms with Crippen molar-refractivity contribution in [2.24, 2.45) is 0 Å². The minimum absolute atomic E-state index is 0.0988. The van der Waals surface area contributed by atoms with Crippen molar-refractivity contribution in [1.29, 1.82) is 0 Å². The van der Waals surface area contributed by atoms with Crippen molar-refractivity contribution in [2.45, 2.75) is 10.6 Å². The van der Waals surface area contributed by atoms with Crippen LogP contribution >= 0.6 is 11.8 Å². The third kappa shape index (κ3) is 3.51. The lowest BCUT2D eigenvalue weighted by Crippen LogP contribution is -1.98. The van der Waals surface area contributed by atoms with Gasteiger partial charge in [0.25, 0.3) is 0 Å². The minimum atomic E-state index is -1.05. The quantitative estimate of drug-likeness (QED) is 0.873. The molecule has 98 valence electrons. The van der Waals surface area contributed by atoms with Crippen LogP contribution in [0.25, 0.3) is 0 Å². The maximum Gasteiger partial charge on any atom is 0.337 e. The number of nitrogens with zero attached hydrogens (tertiary/aromatic N) is 1. The zero-order valence-corrected chi connectivity index (χ0v) is 10.5. The Morgan fingerprint density at radius 3 is 2.63 bits per heavy atom. The van der Waals surface area contributed by atoms with Gasteiger partial charge in [-0.05, 0) is 24.3 Å². The second kappa shape index (κ2) is 5.79. The molecule has 0 atom stereocenters. The Morgan fingerprint density at radius 1 is 1.26 bits per heavy atom. The number of aromatic carboxylic acids is 1. The van der Waals surface area contributed by atoms with Crippen LogP contribution in [0, 0.1) is 11.6 Å². The Labute approximate surface area is 112 Å². The molecular formula is C13H9F2NO2S. The van der Waals surface area contributed by atoms with E-state index in [1.807, 2.05) is 0 Å². The molecule has 0 fully saturated rings.